The topological polar surface area (TPSA) is 49.4 Å². The summed E-state index contributed by atoms with van der Waals surface area (Å²) in [7, 11) is 4.65. The van der Waals surface area contributed by atoms with E-state index in [4.69, 9.17) is 0 Å². The fourth-order valence-corrected chi connectivity index (χ4v) is 1.60. The van der Waals surface area contributed by atoms with Crippen molar-refractivity contribution in [1.29, 1.82) is 0 Å². The number of hydrogen-bond donors (Lipinski definition) is 0. The molecule has 0 aliphatic rings. The van der Waals surface area contributed by atoms with Crippen molar-refractivity contribution in [3.8, 4) is 0 Å². The van der Waals surface area contributed by atoms with Crippen LogP contribution in [0.3, 0.4) is 0 Å². The minimum Gasteiger partial charge on any atom is -0.550 e. The first kappa shape index (κ1) is 20.5. The van der Waals surface area contributed by atoms with Gasteiger partial charge >= 0.3 is 0 Å². The van der Waals surface area contributed by atoms with E-state index >= 15 is 0 Å². The van der Waals surface area contributed by atoms with Gasteiger partial charge in [0.05, 0.1) is 27.2 Å². The van der Waals surface area contributed by atoms with E-state index in [1.54, 1.807) is 6.92 Å². The van der Waals surface area contributed by atoms with Gasteiger partial charge in [0.15, 0.2) is 0 Å². The Kier molecular flexibility index (Phi) is 14.8. The maximum absolute atomic E-state index is 9.27. The third-order valence-corrected chi connectivity index (χ3v) is 3.24. The maximum atomic E-state index is 9.27. The summed E-state index contributed by atoms with van der Waals surface area (Å²) in [4.78, 5) is 9.27. The van der Waals surface area contributed by atoms with E-state index in [2.05, 4.69) is 32.7 Å². The summed E-state index contributed by atoms with van der Waals surface area (Å²) in [6, 6.07) is 0. The second kappa shape index (κ2) is 13.7. The Morgan fingerprint density at radius 1 is 1.00 bits per heavy atom. The molecule has 4 heteroatoms. The second-order valence-electron chi connectivity index (χ2n) is 5.43. The lowest BCUT2D eigenvalue weighted by Crippen LogP contribution is -2.39. The summed E-state index contributed by atoms with van der Waals surface area (Å²) >= 11 is 0. The number of hydrogen-bond acceptors (Lipinski definition) is 3. The second-order valence-corrected chi connectivity index (χ2v) is 5.43. The summed E-state index contributed by atoms with van der Waals surface area (Å²) in [5.74, 6) is 0. The van der Waals surface area contributed by atoms with Gasteiger partial charge in [-0.15, -0.1) is 0 Å². The Labute approximate surface area is 119 Å². The van der Waals surface area contributed by atoms with Crippen LogP contribution in [0.5, 0.6) is 0 Å². The first-order chi connectivity index (χ1) is 8.89. The average Bonchev–Trinajstić information content (AvgIpc) is 2.34. The van der Waals surface area contributed by atoms with Crippen LogP contribution in [0.4, 0.5) is 4.79 Å². The number of rotatable bonds is 9. The first-order valence-corrected chi connectivity index (χ1v) is 7.55. The van der Waals surface area contributed by atoms with Crippen molar-refractivity contribution in [2.45, 2.75) is 59.3 Å². The third-order valence-electron chi connectivity index (χ3n) is 3.24. The Balaban J connectivity index is 0. The van der Waals surface area contributed by atoms with Gasteiger partial charge < -0.3 is 19.1 Å². The normalized spacial score (nSPS) is 10.6. The molecule has 0 heterocycles. The molecule has 0 atom stereocenters. The molecule has 0 aromatic heterocycles. The summed E-state index contributed by atoms with van der Waals surface area (Å²) in [6.07, 6.45) is 7.04. The summed E-state index contributed by atoms with van der Waals surface area (Å²) in [6.45, 7) is 8.91. The minimum absolute atomic E-state index is 0.169. The van der Waals surface area contributed by atoms with E-state index in [9.17, 15) is 9.90 Å². The molecule has 0 saturated carbocycles. The van der Waals surface area contributed by atoms with Gasteiger partial charge in [0.25, 0.3) is 6.16 Å². The Morgan fingerprint density at radius 3 is 1.89 bits per heavy atom. The van der Waals surface area contributed by atoms with Crippen LogP contribution in [0.15, 0.2) is 0 Å². The van der Waals surface area contributed by atoms with E-state index in [1.165, 1.54) is 56.1 Å². The summed E-state index contributed by atoms with van der Waals surface area (Å²) in [5, 5.41) is 9.27. The Morgan fingerprint density at radius 2 is 1.53 bits per heavy atom. The quantitative estimate of drug-likeness (QED) is 0.369. The van der Waals surface area contributed by atoms with Crippen molar-refractivity contribution in [3.05, 3.63) is 0 Å². The van der Waals surface area contributed by atoms with Crippen LogP contribution in [-0.4, -0.2) is 44.4 Å². The standard InChI is InChI=1S/C12H28N.C3H6O3/c1-5-7-8-9-10-11-12-13(3,4)6-2;1-2-6-3(4)5/h5-12H2,1-4H3;2H2,1H3,(H,4,5)/q+1;/p-1. The molecule has 4 nitrogen and oxygen atoms in total. The molecule has 116 valence electrons. The highest BCUT2D eigenvalue weighted by atomic mass is 16.7. The van der Waals surface area contributed by atoms with Gasteiger partial charge in [0.2, 0.25) is 0 Å². The van der Waals surface area contributed by atoms with Crippen molar-refractivity contribution >= 4 is 6.16 Å². The predicted octanol–water partition coefficient (Wildman–Crippen LogP) is 2.81. The number of carbonyl (C=O) groups excluding carboxylic acids is 1. The first-order valence-electron chi connectivity index (χ1n) is 7.55. The molecular formula is C15H33NO3. The molecule has 0 rings (SSSR count). The number of quaternary nitrogens is 1. The van der Waals surface area contributed by atoms with Gasteiger partial charge in [-0.2, -0.15) is 0 Å². The van der Waals surface area contributed by atoms with Crippen molar-refractivity contribution < 1.29 is 19.1 Å². The van der Waals surface area contributed by atoms with Gasteiger partial charge in [-0.25, -0.2) is 0 Å². The number of carboxylic acid groups (broad SMARTS) is 1. The van der Waals surface area contributed by atoms with Gasteiger partial charge in [-0.1, -0.05) is 32.6 Å². The Hall–Kier alpha value is -0.770. The molecule has 0 aromatic carbocycles. The van der Waals surface area contributed by atoms with Crippen molar-refractivity contribution in [2.75, 3.05) is 33.8 Å². The highest BCUT2D eigenvalue weighted by Crippen LogP contribution is 2.07. The molecule has 0 radical (unpaired) electrons. The molecule has 0 bridgehead atoms. The van der Waals surface area contributed by atoms with Crippen LogP contribution in [0.25, 0.3) is 0 Å². The van der Waals surface area contributed by atoms with Gasteiger partial charge in [-0.3, -0.25) is 0 Å². The van der Waals surface area contributed by atoms with Gasteiger partial charge in [0, 0.05) is 6.61 Å². The van der Waals surface area contributed by atoms with E-state index in [0.717, 1.165) is 0 Å². The predicted molar refractivity (Wildman–Crippen MR) is 77.9 cm³/mol. The average molecular weight is 275 g/mol. The Bertz CT molecular complexity index is 206. The molecule has 0 spiro atoms. The highest BCUT2D eigenvalue weighted by Gasteiger charge is 2.09. The zero-order valence-corrected chi connectivity index (χ0v) is 13.5. The number of carbonyl (C=O) groups is 1. The largest absolute Gasteiger partial charge is 0.550 e. The van der Waals surface area contributed by atoms with Crippen LogP contribution in [0.1, 0.15) is 59.3 Å². The molecular weight excluding hydrogens is 242 g/mol. The van der Waals surface area contributed by atoms with Crippen LogP contribution in [0, 0.1) is 0 Å². The highest BCUT2D eigenvalue weighted by molar-refractivity contribution is 5.53. The molecule has 0 aliphatic carbocycles. The van der Waals surface area contributed by atoms with Crippen LogP contribution in [0.2, 0.25) is 0 Å². The lowest BCUT2D eigenvalue weighted by molar-refractivity contribution is -0.888. The van der Waals surface area contributed by atoms with Crippen LogP contribution in [-0.2, 0) is 4.74 Å². The number of nitrogens with zero attached hydrogens (tertiary/aromatic N) is 1. The third kappa shape index (κ3) is 19.7. The fraction of sp³-hybridized carbons (Fsp3) is 0.933. The lowest BCUT2D eigenvalue weighted by Gasteiger charge is -2.28. The van der Waals surface area contributed by atoms with Crippen LogP contribution >= 0.6 is 0 Å². The molecule has 0 aliphatic heterocycles. The fourth-order valence-electron chi connectivity index (χ4n) is 1.60. The van der Waals surface area contributed by atoms with E-state index in [0.29, 0.717) is 0 Å². The van der Waals surface area contributed by atoms with E-state index < -0.39 is 6.16 Å². The van der Waals surface area contributed by atoms with Gasteiger partial charge in [-0.05, 0) is 26.7 Å². The summed E-state index contributed by atoms with van der Waals surface area (Å²) in [5.41, 5.74) is 0. The van der Waals surface area contributed by atoms with Crippen LogP contribution < -0.4 is 5.11 Å². The molecule has 0 N–H and O–H groups in total. The molecule has 0 amide bonds. The van der Waals surface area contributed by atoms with Crippen molar-refractivity contribution in [2.24, 2.45) is 0 Å². The monoisotopic (exact) mass is 275 g/mol. The number of ether oxygens (including phenoxy) is 1. The number of unbranched alkanes of at least 4 members (excludes halogenated alkanes) is 5. The molecule has 0 aromatic rings. The van der Waals surface area contributed by atoms with Crippen molar-refractivity contribution in [3.63, 3.8) is 0 Å². The molecule has 19 heavy (non-hydrogen) atoms. The lowest BCUT2D eigenvalue weighted by atomic mass is 10.1. The van der Waals surface area contributed by atoms with E-state index in [-0.39, 0.29) is 6.61 Å². The molecule has 0 fully saturated rings. The van der Waals surface area contributed by atoms with E-state index in [1.807, 2.05) is 0 Å². The van der Waals surface area contributed by atoms with Crippen molar-refractivity contribution in [1.82, 2.24) is 0 Å². The SMILES string of the molecule is CCCCCCCC[N+](C)(C)CC.CCOC(=O)[O-]. The zero-order chi connectivity index (χ0) is 15.1. The molecule has 0 saturated heterocycles. The maximum Gasteiger partial charge on any atom is 0.251 e. The minimum atomic E-state index is -1.46. The van der Waals surface area contributed by atoms with Gasteiger partial charge in [0.1, 0.15) is 0 Å². The smallest absolute Gasteiger partial charge is 0.251 e. The zero-order valence-electron chi connectivity index (χ0n) is 13.5. The summed E-state index contributed by atoms with van der Waals surface area (Å²) < 4.78 is 5.04. The molecule has 0 unspecified atom stereocenters.